The number of amides is 1. The minimum absolute atomic E-state index is 0.581. The van der Waals surface area contributed by atoms with Crippen LogP contribution in [-0.4, -0.2) is 69.0 Å². The molecule has 90 valence electrons. The Morgan fingerprint density at radius 3 is 2.27 bits per heavy atom. The van der Waals surface area contributed by atoms with Crippen molar-refractivity contribution in [2.45, 2.75) is 31.3 Å². The van der Waals surface area contributed by atoms with Crippen molar-refractivity contribution in [3.63, 3.8) is 0 Å². The van der Waals surface area contributed by atoms with Crippen molar-refractivity contribution in [2.24, 2.45) is 0 Å². The molecule has 7 heteroatoms. The van der Waals surface area contributed by atoms with Crippen LogP contribution in [0.15, 0.2) is 0 Å². The van der Waals surface area contributed by atoms with Gasteiger partial charge in [-0.2, -0.15) is 0 Å². The highest BCUT2D eigenvalue weighted by Gasteiger charge is 2.31. The second-order valence-corrected chi connectivity index (χ2v) is 3.09. The van der Waals surface area contributed by atoms with Crippen LogP contribution in [0.3, 0.4) is 0 Å². The summed E-state index contributed by atoms with van der Waals surface area (Å²) >= 11 is 0. The fraction of sp³-hybridized carbons (Fsp3) is 0.875. The molecule has 0 aromatic carbocycles. The highest BCUT2D eigenvalue weighted by Crippen LogP contribution is 2.04. The molecule has 4 atom stereocenters. The molecule has 0 bridgehead atoms. The second kappa shape index (κ2) is 6.70. The van der Waals surface area contributed by atoms with Gasteiger partial charge >= 0.3 is 0 Å². The van der Waals surface area contributed by atoms with Gasteiger partial charge in [-0.05, 0) is 0 Å². The van der Waals surface area contributed by atoms with E-state index in [1.807, 2.05) is 0 Å². The minimum atomic E-state index is -1.70. The van der Waals surface area contributed by atoms with E-state index >= 15 is 0 Å². The zero-order valence-corrected chi connectivity index (χ0v) is 8.08. The quantitative estimate of drug-likeness (QED) is 0.278. The Morgan fingerprint density at radius 1 is 1.27 bits per heavy atom. The average molecular weight is 224 g/mol. The molecule has 0 aliphatic rings. The number of carbonyl (C=O) groups excluding carboxylic acids is 1. The molecule has 0 aromatic heterocycles. The van der Waals surface area contributed by atoms with Gasteiger partial charge in [0.15, 0.2) is 0 Å². The smallest absolute Gasteiger partial charge is 0.217 e. The Morgan fingerprint density at radius 2 is 1.87 bits per heavy atom. The Kier molecular flexibility index (Phi) is 5.51. The van der Waals surface area contributed by atoms with E-state index in [-0.39, 0.29) is 0 Å². The van der Waals surface area contributed by atoms with Crippen molar-refractivity contribution >= 4 is 5.91 Å². The van der Waals surface area contributed by atoms with Gasteiger partial charge < -0.3 is 30.8 Å². The summed E-state index contributed by atoms with van der Waals surface area (Å²) in [6.07, 6.45) is -4.91. The van der Waals surface area contributed by atoms with Crippen LogP contribution >= 0.6 is 0 Å². The van der Waals surface area contributed by atoms with Gasteiger partial charge in [0, 0.05) is 8.27 Å². The maximum absolute atomic E-state index is 10.8. The standard InChI is InChI=1S/C8H17NO6/c1-4(12)9-5(2-10)7(14)8(15)6(13)3-11/h5-8,10-11,13-15H,2-3H2,1H3,(H,9,12)/t5-,6+,7+,8+/m0/s1/i1D. The molecule has 0 spiro atoms. The summed E-state index contributed by atoms with van der Waals surface area (Å²) in [6.45, 7) is -2.01. The summed E-state index contributed by atoms with van der Waals surface area (Å²) in [6, 6.07) is -1.20. The molecule has 0 aromatic rings. The van der Waals surface area contributed by atoms with Crippen LogP contribution in [0.1, 0.15) is 8.27 Å². The normalized spacial score (nSPS) is 19.9. The summed E-state index contributed by atoms with van der Waals surface area (Å²) in [5.41, 5.74) is 0. The van der Waals surface area contributed by atoms with E-state index in [1.54, 1.807) is 0 Å². The molecule has 0 heterocycles. The monoisotopic (exact) mass is 224 g/mol. The number of carbonyl (C=O) groups is 1. The van der Waals surface area contributed by atoms with Crippen molar-refractivity contribution in [1.29, 1.82) is 0 Å². The Labute approximate surface area is 88.4 Å². The molecule has 0 saturated heterocycles. The molecular weight excluding hydrogens is 206 g/mol. The highest BCUT2D eigenvalue weighted by molar-refractivity contribution is 5.73. The largest absolute Gasteiger partial charge is 0.394 e. The summed E-state index contributed by atoms with van der Waals surface area (Å²) in [5, 5.41) is 47.3. The van der Waals surface area contributed by atoms with Crippen LogP contribution < -0.4 is 5.32 Å². The van der Waals surface area contributed by atoms with E-state index in [1.165, 1.54) is 0 Å². The Hall–Kier alpha value is -0.730. The highest BCUT2D eigenvalue weighted by atomic mass is 16.4. The maximum atomic E-state index is 10.8. The van der Waals surface area contributed by atoms with Crippen molar-refractivity contribution in [2.75, 3.05) is 13.2 Å². The molecule has 7 nitrogen and oxygen atoms in total. The van der Waals surface area contributed by atoms with Crippen LogP contribution in [0.2, 0.25) is 0 Å². The molecule has 0 fully saturated rings. The van der Waals surface area contributed by atoms with Crippen LogP contribution in [0.25, 0.3) is 0 Å². The third-order valence-electron chi connectivity index (χ3n) is 1.89. The van der Waals surface area contributed by atoms with Crippen molar-refractivity contribution in [3.8, 4) is 0 Å². The van der Waals surface area contributed by atoms with E-state index in [0.29, 0.717) is 0 Å². The number of aliphatic hydroxyl groups excluding tert-OH is 5. The molecule has 0 rings (SSSR count). The van der Waals surface area contributed by atoms with Crippen LogP contribution in [0.4, 0.5) is 0 Å². The molecule has 0 aliphatic carbocycles. The molecule has 0 radical (unpaired) electrons. The van der Waals surface area contributed by atoms with E-state index in [9.17, 15) is 15.0 Å². The Balaban J connectivity index is 4.39. The number of hydrogen-bond donors (Lipinski definition) is 6. The van der Waals surface area contributed by atoms with Gasteiger partial charge in [-0.25, -0.2) is 0 Å². The molecule has 6 N–H and O–H groups in total. The fourth-order valence-corrected chi connectivity index (χ4v) is 1.02. The van der Waals surface area contributed by atoms with Crippen LogP contribution in [0.5, 0.6) is 0 Å². The Bertz CT molecular complexity index is 217. The van der Waals surface area contributed by atoms with Crippen molar-refractivity contribution in [3.05, 3.63) is 0 Å². The lowest BCUT2D eigenvalue weighted by atomic mass is 10.0. The molecular formula is C8H17NO6. The van der Waals surface area contributed by atoms with Gasteiger partial charge in [-0.1, -0.05) is 0 Å². The summed E-state index contributed by atoms with van der Waals surface area (Å²) in [4.78, 5) is 10.8. The van der Waals surface area contributed by atoms with Gasteiger partial charge in [-0.3, -0.25) is 4.79 Å². The van der Waals surface area contributed by atoms with Gasteiger partial charge in [0.2, 0.25) is 5.91 Å². The minimum Gasteiger partial charge on any atom is -0.394 e. The lowest BCUT2D eigenvalue weighted by Gasteiger charge is -2.27. The zero-order valence-electron chi connectivity index (χ0n) is 9.08. The summed E-state index contributed by atoms with van der Waals surface area (Å²) in [7, 11) is 0. The van der Waals surface area contributed by atoms with E-state index in [2.05, 4.69) is 5.32 Å². The van der Waals surface area contributed by atoms with Gasteiger partial charge in [0.05, 0.1) is 19.3 Å². The third kappa shape index (κ3) is 4.54. The number of nitrogens with one attached hydrogen (secondary N) is 1. The van der Waals surface area contributed by atoms with E-state index in [0.717, 1.165) is 0 Å². The number of rotatable bonds is 6. The van der Waals surface area contributed by atoms with Gasteiger partial charge in [0.1, 0.15) is 18.3 Å². The first-order chi connectivity index (χ1) is 7.47. The maximum Gasteiger partial charge on any atom is 0.217 e. The van der Waals surface area contributed by atoms with Crippen LogP contribution in [0, 0.1) is 0 Å². The van der Waals surface area contributed by atoms with Crippen molar-refractivity contribution in [1.82, 2.24) is 5.32 Å². The molecule has 1 amide bonds. The molecule has 0 saturated carbocycles. The number of hydrogen-bond acceptors (Lipinski definition) is 6. The average Bonchev–Trinajstić information content (AvgIpc) is 2.32. The van der Waals surface area contributed by atoms with E-state index < -0.39 is 50.4 Å². The zero-order chi connectivity index (χ0) is 12.7. The fourth-order valence-electron chi connectivity index (χ4n) is 1.02. The topological polar surface area (TPSA) is 130 Å². The molecule has 15 heavy (non-hydrogen) atoms. The third-order valence-corrected chi connectivity index (χ3v) is 1.89. The van der Waals surface area contributed by atoms with Gasteiger partial charge in [-0.15, -0.1) is 0 Å². The van der Waals surface area contributed by atoms with Crippen molar-refractivity contribution < 1.29 is 31.7 Å². The van der Waals surface area contributed by atoms with Crippen LogP contribution in [-0.2, 0) is 4.79 Å². The first-order valence-electron chi connectivity index (χ1n) is 5.03. The van der Waals surface area contributed by atoms with E-state index in [4.69, 9.17) is 16.7 Å². The lowest BCUT2D eigenvalue weighted by Crippen LogP contribution is -2.53. The molecule has 0 aliphatic heterocycles. The predicted octanol–water partition coefficient (Wildman–Crippen LogP) is -3.44. The summed E-state index contributed by atoms with van der Waals surface area (Å²) < 4.78 is 6.72. The first-order valence-corrected chi connectivity index (χ1v) is 4.32. The number of aliphatic hydroxyl groups is 5. The second-order valence-electron chi connectivity index (χ2n) is 3.09. The predicted molar refractivity (Wildman–Crippen MR) is 49.8 cm³/mol. The first kappa shape index (κ1) is 12.3. The summed E-state index contributed by atoms with van der Waals surface area (Å²) in [5.74, 6) is -0.733. The SMILES string of the molecule is [2H]CC(=O)N[C@@H](CO)[C@@H](O)[C@H](O)[C@H](O)CO. The van der Waals surface area contributed by atoms with Gasteiger partial charge in [0.25, 0.3) is 0 Å². The lowest BCUT2D eigenvalue weighted by molar-refractivity contribution is -0.124. The molecule has 0 unspecified atom stereocenters.